The Kier molecular flexibility index (Phi) is 4.90. The average molecular weight is 350 g/mol. The lowest BCUT2D eigenvalue weighted by Crippen LogP contribution is -2.46. The zero-order valence-corrected chi connectivity index (χ0v) is 14.0. The van der Waals surface area contributed by atoms with Gasteiger partial charge in [0.2, 0.25) is 20.0 Å². The van der Waals surface area contributed by atoms with Crippen LogP contribution in [0.4, 0.5) is 4.39 Å². The SMILES string of the molecule is Cc1cc(F)ccc1S(=O)(=O)N1CCC(NS(C)(=O)=O)CC1. The normalized spacial score (nSPS) is 18.5. The minimum absolute atomic E-state index is 0.0865. The van der Waals surface area contributed by atoms with Gasteiger partial charge in [-0.1, -0.05) is 0 Å². The van der Waals surface area contributed by atoms with E-state index in [0.717, 1.165) is 12.3 Å². The zero-order chi connectivity index (χ0) is 16.5. The highest BCUT2D eigenvalue weighted by Gasteiger charge is 2.31. The van der Waals surface area contributed by atoms with E-state index in [1.54, 1.807) is 6.92 Å². The van der Waals surface area contributed by atoms with Crippen molar-refractivity contribution >= 4 is 20.0 Å². The molecule has 1 aliphatic rings. The van der Waals surface area contributed by atoms with Crippen molar-refractivity contribution in [2.24, 2.45) is 0 Å². The van der Waals surface area contributed by atoms with E-state index in [0.29, 0.717) is 18.4 Å². The molecule has 0 aliphatic carbocycles. The molecule has 0 radical (unpaired) electrons. The van der Waals surface area contributed by atoms with Crippen molar-refractivity contribution in [2.75, 3.05) is 19.3 Å². The number of hydrogen-bond donors (Lipinski definition) is 1. The lowest BCUT2D eigenvalue weighted by molar-refractivity contribution is 0.308. The Bertz CT molecular complexity index is 754. The van der Waals surface area contributed by atoms with E-state index in [1.165, 1.54) is 16.4 Å². The molecule has 9 heteroatoms. The van der Waals surface area contributed by atoms with Crippen molar-refractivity contribution in [1.29, 1.82) is 0 Å². The molecule has 0 bridgehead atoms. The van der Waals surface area contributed by atoms with Crippen LogP contribution >= 0.6 is 0 Å². The molecule has 6 nitrogen and oxygen atoms in total. The first kappa shape index (κ1) is 17.3. The molecular weight excluding hydrogens is 331 g/mol. The first-order chi connectivity index (χ1) is 10.1. The summed E-state index contributed by atoms with van der Waals surface area (Å²) >= 11 is 0. The third kappa shape index (κ3) is 4.03. The largest absolute Gasteiger partial charge is 0.243 e. The molecule has 0 aromatic heterocycles. The molecule has 0 unspecified atom stereocenters. The topological polar surface area (TPSA) is 83.6 Å². The molecule has 0 spiro atoms. The van der Waals surface area contributed by atoms with Gasteiger partial charge in [0.15, 0.2) is 0 Å². The van der Waals surface area contributed by atoms with Gasteiger partial charge in [-0.15, -0.1) is 0 Å². The van der Waals surface area contributed by atoms with Crippen molar-refractivity contribution in [1.82, 2.24) is 9.03 Å². The molecule has 1 N–H and O–H groups in total. The van der Waals surface area contributed by atoms with Crippen molar-refractivity contribution in [3.8, 4) is 0 Å². The molecule has 1 aromatic carbocycles. The number of aryl methyl sites for hydroxylation is 1. The van der Waals surface area contributed by atoms with Crippen LogP contribution in [0.25, 0.3) is 0 Å². The summed E-state index contributed by atoms with van der Waals surface area (Å²) in [6.45, 7) is 2.01. The van der Waals surface area contributed by atoms with Crippen LogP contribution in [0.2, 0.25) is 0 Å². The fourth-order valence-corrected chi connectivity index (χ4v) is 5.07. The summed E-state index contributed by atoms with van der Waals surface area (Å²) in [6, 6.07) is 3.32. The predicted octanol–water partition coefficient (Wildman–Crippen LogP) is 0.836. The lowest BCUT2D eigenvalue weighted by Gasteiger charge is -2.31. The van der Waals surface area contributed by atoms with Gasteiger partial charge in [0.25, 0.3) is 0 Å². The quantitative estimate of drug-likeness (QED) is 0.872. The van der Waals surface area contributed by atoms with E-state index in [-0.39, 0.29) is 24.0 Å². The molecular formula is C13H19FN2O4S2. The third-order valence-electron chi connectivity index (χ3n) is 3.59. The van der Waals surface area contributed by atoms with E-state index < -0.39 is 25.9 Å². The van der Waals surface area contributed by atoms with Gasteiger partial charge >= 0.3 is 0 Å². The molecule has 0 saturated carbocycles. The minimum atomic E-state index is -3.69. The van der Waals surface area contributed by atoms with Gasteiger partial charge < -0.3 is 0 Å². The molecule has 1 fully saturated rings. The zero-order valence-electron chi connectivity index (χ0n) is 12.4. The standard InChI is InChI=1S/C13H19FN2O4S2/c1-10-9-11(14)3-4-13(10)22(19,20)16-7-5-12(6-8-16)15-21(2,17)18/h3-4,9,12,15H,5-8H2,1-2H3. The molecule has 1 saturated heterocycles. The summed E-state index contributed by atoms with van der Waals surface area (Å²) in [5, 5.41) is 0. The Labute approximate surface area is 130 Å². The number of halogens is 1. The number of piperidine rings is 1. The van der Waals surface area contributed by atoms with E-state index in [9.17, 15) is 21.2 Å². The van der Waals surface area contributed by atoms with Gasteiger partial charge in [-0.3, -0.25) is 0 Å². The van der Waals surface area contributed by atoms with Crippen LogP contribution in [0, 0.1) is 12.7 Å². The van der Waals surface area contributed by atoms with Gasteiger partial charge in [0.1, 0.15) is 5.82 Å². The maximum absolute atomic E-state index is 13.1. The molecule has 0 atom stereocenters. The summed E-state index contributed by atoms with van der Waals surface area (Å²) < 4.78 is 64.5. The maximum Gasteiger partial charge on any atom is 0.243 e. The summed E-state index contributed by atoms with van der Waals surface area (Å²) in [5.41, 5.74) is 0.358. The monoisotopic (exact) mass is 350 g/mol. The van der Waals surface area contributed by atoms with Crippen molar-refractivity contribution in [2.45, 2.75) is 30.7 Å². The number of nitrogens with zero attached hydrogens (tertiary/aromatic N) is 1. The van der Waals surface area contributed by atoms with Gasteiger partial charge in [0.05, 0.1) is 11.2 Å². The van der Waals surface area contributed by atoms with Gasteiger partial charge in [-0.2, -0.15) is 4.31 Å². The second-order valence-corrected chi connectivity index (χ2v) is 9.16. The molecule has 124 valence electrons. The number of nitrogens with one attached hydrogen (secondary N) is 1. The van der Waals surface area contributed by atoms with E-state index in [2.05, 4.69) is 4.72 Å². The Morgan fingerprint density at radius 2 is 1.77 bits per heavy atom. The molecule has 1 aromatic rings. The fourth-order valence-electron chi connectivity index (χ4n) is 2.56. The molecule has 22 heavy (non-hydrogen) atoms. The highest BCUT2D eigenvalue weighted by molar-refractivity contribution is 7.89. The minimum Gasteiger partial charge on any atom is -0.213 e. The Hall–Kier alpha value is -1.03. The molecule has 0 amide bonds. The lowest BCUT2D eigenvalue weighted by atomic mass is 10.1. The molecule has 1 aliphatic heterocycles. The molecule has 2 rings (SSSR count). The highest BCUT2D eigenvalue weighted by Crippen LogP contribution is 2.24. The number of benzene rings is 1. The average Bonchev–Trinajstić information content (AvgIpc) is 2.36. The smallest absolute Gasteiger partial charge is 0.213 e. The highest BCUT2D eigenvalue weighted by atomic mass is 32.2. The first-order valence-corrected chi connectivity index (χ1v) is 10.2. The summed E-state index contributed by atoms with van der Waals surface area (Å²) in [5.74, 6) is -0.479. The van der Waals surface area contributed by atoms with Gasteiger partial charge in [0, 0.05) is 19.1 Å². The maximum atomic E-state index is 13.1. The van der Waals surface area contributed by atoms with Crippen LogP contribution in [0.1, 0.15) is 18.4 Å². The van der Waals surface area contributed by atoms with Gasteiger partial charge in [-0.05, 0) is 43.5 Å². The number of rotatable bonds is 4. The van der Waals surface area contributed by atoms with E-state index in [4.69, 9.17) is 0 Å². The van der Waals surface area contributed by atoms with Crippen LogP contribution in [-0.4, -0.2) is 46.5 Å². The summed E-state index contributed by atoms with van der Waals surface area (Å²) in [4.78, 5) is 0.0865. The van der Waals surface area contributed by atoms with E-state index in [1.807, 2.05) is 0 Å². The predicted molar refractivity (Wildman–Crippen MR) is 80.9 cm³/mol. The van der Waals surface area contributed by atoms with Crippen LogP contribution in [0.15, 0.2) is 23.1 Å². The number of sulfonamides is 2. The van der Waals surface area contributed by atoms with Crippen molar-refractivity contribution in [3.63, 3.8) is 0 Å². The fraction of sp³-hybridized carbons (Fsp3) is 0.538. The van der Waals surface area contributed by atoms with Crippen LogP contribution < -0.4 is 4.72 Å². The first-order valence-electron chi connectivity index (χ1n) is 6.83. The van der Waals surface area contributed by atoms with Crippen molar-refractivity contribution in [3.05, 3.63) is 29.6 Å². The molecule has 1 heterocycles. The Morgan fingerprint density at radius 1 is 1.18 bits per heavy atom. The number of hydrogen-bond acceptors (Lipinski definition) is 4. The Morgan fingerprint density at radius 3 is 2.27 bits per heavy atom. The second kappa shape index (κ2) is 6.23. The van der Waals surface area contributed by atoms with Crippen molar-refractivity contribution < 1.29 is 21.2 Å². The van der Waals surface area contributed by atoms with Crippen LogP contribution in [0.3, 0.4) is 0 Å². The van der Waals surface area contributed by atoms with Crippen LogP contribution in [0.5, 0.6) is 0 Å². The van der Waals surface area contributed by atoms with E-state index >= 15 is 0 Å². The van der Waals surface area contributed by atoms with Crippen LogP contribution in [-0.2, 0) is 20.0 Å². The van der Waals surface area contributed by atoms with Gasteiger partial charge in [-0.25, -0.2) is 25.9 Å². The third-order valence-corrected chi connectivity index (χ3v) is 6.41. The summed E-state index contributed by atoms with van der Waals surface area (Å²) in [6.07, 6.45) is 1.90. The summed E-state index contributed by atoms with van der Waals surface area (Å²) in [7, 11) is -6.99. The second-order valence-electron chi connectivity index (χ2n) is 5.48. The Balaban J connectivity index is 2.13.